The SMILES string of the molecule is CC[C@@H](C)NC(=O)[C@@H](Cc1ccccc1)N(Cc1ccccc1C)C(=O)CN(c1cc(OC)ccc1OC)S(=O)(=O)c1ccc(OC)c(OC)c1. The van der Waals surface area contributed by atoms with Gasteiger partial charge in [-0.15, -0.1) is 0 Å². The van der Waals surface area contributed by atoms with E-state index in [2.05, 4.69) is 5.32 Å². The third-order valence-corrected chi connectivity index (χ3v) is 10.5. The van der Waals surface area contributed by atoms with Crippen molar-refractivity contribution in [2.45, 2.75) is 57.1 Å². The van der Waals surface area contributed by atoms with Crippen LogP contribution in [0.5, 0.6) is 23.0 Å². The summed E-state index contributed by atoms with van der Waals surface area (Å²) in [6.45, 7) is 5.17. The predicted octanol–water partition coefficient (Wildman–Crippen LogP) is 5.78. The minimum atomic E-state index is -4.49. The van der Waals surface area contributed by atoms with Crippen LogP contribution in [0.2, 0.25) is 0 Å². The molecule has 12 heteroatoms. The summed E-state index contributed by atoms with van der Waals surface area (Å²) in [5.74, 6) is 0.105. The average molecular weight is 718 g/mol. The molecule has 0 unspecified atom stereocenters. The van der Waals surface area contributed by atoms with Gasteiger partial charge < -0.3 is 29.2 Å². The average Bonchev–Trinajstić information content (AvgIpc) is 3.15. The van der Waals surface area contributed by atoms with Gasteiger partial charge in [-0.3, -0.25) is 13.9 Å². The first-order valence-electron chi connectivity index (χ1n) is 16.6. The van der Waals surface area contributed by atoms with E-state index < -0.39 is 28.5 Å². The number of anilines is 1. The minimum Gasteiger partial charge on any atom is -0.497 e. The number of hydrogen-bond acceptors (Lipinski definition) is 8. The van der Waals surface area contributed by atoms with Crippen molar-refractivity contribution in [1.82, 2.24) is 10.2 Å². The Balaban J connectivity index is 1.91. The maximum absolute atomic E-state index is 14.9. The third kappa shape index (κ3) is 9.31. The Kier molecular flexibility index (Phi) is 13.3. The second kappa shape index (κ2) is 17.6. The Morgan fingerprint density at radius 3 is 2.06 bits per heavy atom. The van der Waals surface area contributed by atoms with Crippen LogP contribution >= 0.6 is 0 Å². The summed E-state index contributed by atoms with van der Waals surface area (Å²) in [7, 11) is 1.23. The second-order valence-corrected chi connectivity index (χ2v) is 13.9. The van der Waals surface area contributed by atoms with Gasteiger partial charge in [0.05, 0.1) is 39.0 Å². The molecule has 1 N–H and O–H groups in total. The monoisotopic (exact) mass is 717 g/mol. The van der Waals surface area contributed by atoms with E-state index in [9.17, 15) is 18.0 Å². The number of sulfonamides is 1. The van der Waals surface area contributed by atoms with Gasteiger partial charge in [0, 0.05) is 31.1 Å². The van der Waals surface area contributed by atoms with Crippen LogP contribution in [0.3, 0.4) is 0 Å². The number of ether oxygens (including phenoxy) is 4. The van der Waals surface area contributed by atoms with E-state index in [1.807, 2.05) is 75.4 Å². The van der Waals surface area contributed by atoms with E-state index in [-0.39, 0.29) is 47.0 Å². The lowest BCUT2D eigenvalue weighted by atomic mass is 10.0. The highest BCUT2D eigenvalue weighted by Crippen LogP contribution is 2.38. The number of nitrogens with zero attached hydrogens (tertiary/aromatic N) is 2. The molecular formula is C39H47N3O8S. The lowest BCUT2D eigenvalue weighted by molar-refractivity contribution is -0.140. The molecule has 0 bridgehead atoms. The minimum absolute atomic E-state index is 0.0520. The van der Waals surface area contributed by atoms with Crippen LogP contribution in [0.25, 0.3) is 0 Å². The molecule has 0 aromatic heterocycles. The van der Waals surface area contributed by atoms with Crippen LogP contribution in [0.1, 0.15) is 37.0 Å². The molecule has 0 radical (unpaired) electrons. The van der Waals surface area contributed by atoms with Gasteiger partial charge in [-0.05, 0) is 61.2 Å². The van der Waals surface area contributed by atoms with E-state index >= 15 is 0 Å². The van der Waals surface area contributed by atoms with Gasteiger partial charge in [-0.25, -0.2) is 8.42 Å². The van der Waals surface area contributed by atoms with Crippen LogP contribution < -0.4 is 28.6 Å². The van der Waals surface area contributed by atoms with E-state index in [1.54, 1.807) is 12.1 Å². The van der Waals surface area contributed by atoms with Crippen LogP contribution in [0, 0.1) is 6.92 Å². The summed E-state index contributed by atoms with van der Waals surface area (Å²) in [4.78, 5) is 30.4. The van der Waals surface area contributed by atoms with E-state index in [0.717, 1.165) is 21.0 Å². The molecule has 4 aromatic rings. The molecule has 2 amide bonds. The summed E-state index contributed by atoms with van der Waals surface area (Å²) in [6, 6.07) is 24.8. The Hall–Kier alpha value is -5.23. The molecule has 0 spiro atoms. The maximum Gasteiger partial charge on any atom is 0.265 e. The molecule has 4 aromatic carbocycles. The Morgan fingerprint density at radius 1 is 0.784 bits per heavy atom. The van der Waals surface area contributed by atoms with Crippen molar-refractivity contribution in [3.63, 3.8) is 0 Å². The number of nitrogens with one attached hydrogen (secondary N) is 1. The van der Waals surface area contributed by atoms with Gasteiger partial charge in [0.15, 0.2) is 11.5 Å². The second-order valence-electron chi connectivity index (χ2n) is 12.0. The van der Waals surface area contributed by atoms with E-state index in [0.29, 0.717) is 17.9 Å². The molecule has 2 atom stereocenters. The Bertz CT molecular complexity index is 1900. The first kappa shape index (κ1) is 38.6. The normalized spacial score (nSPS) is 12.3. The summed E-state index contributed by atoms with van der Waals surface area (Å²) < 4.78 is 52.2. The number of carbonyl (C=O) groups is 2. The van der Waals surface area contributed by atoms with Crippen LogP contribution in [0.4, 0.5) is 5.69 Å². The molecule has 11 nitrogen and oxygen atoms in total. The van der Waals surface area contributed by atoms with Crippen LogP contribution in [-0.4, -0.2) is 72.2 Å². The lowest BCUT2D eigenvalue weighted by Crippen LogP contribution is -2.54. The van der Waals surface area contributed by atoms with Gasteiger partial charge in [0.1, 0.15) is 24.1 Å². The van der Waals surface area contributed by atoms with E-state index in [1.165, 1.54) is 57.6 Å². The maximum atomic E-state index is 14.9. The van der Waals surface area contributed by atoms with Gasteiger partial charge in [0.25, 0.3) is 10.0 Å². The number of benzene rings is 4. The summed E-state index contributed by atoms with van der Waals surface area (Å²) in [5.41, 5.74) is 2.64. The van der Waals surface area contributed by atoms with Crippen molar-refractivity contribution < 1.29 is 37.0 Å². The molecule has 0 fully saturated rings. The molecule has 4 rings (SSSR count). The highest BCUT2D eigenvalue weighted by Gasteiger charge is 2.36. The summed E-state index contributed by atoms with van der Waals surface area (Å²) >= 11 is 0. The van der Waals surface area contributed by atoms with Crippen LogP contribution in [0.15, 0.2) is 95.9 Å². The molecule has 0 saturated carbocycles. The summed E-state index contributed by atoms with van der Waals surface area (Å²) in [6.07, 6.45) is 0.883. The van der Waals surface area contributed by atoms with Crippen molar-refractivity contribution in [1.29, 1.82) is 0 Å². The van der Waals surface area contributed by atoms with Crippen molar-refractivity contribution in [2.24, 2.45) is 0 Å². The van der Waals surface area contributed by atoms with Gasteiger partial charge >= 0.3 is 0 Å². The molecule has 0 saturated heterocycles. The standard InChI is InChI=1S/C39H47N3O8S/c1-8-28(3)40-39(44)34(22-29-15-10-9-11-16-29)41(25-30-17-13-12-14-27(30)2)38(43)26-42(33-23-31(47-4)18-20-35(33)48-5)51(45,46)32-19-21-36(49-6)37(24-32)50-7/h9-21,23-24,28,34H,8,22,25-26H2,1-7H3,(H,40,44)/t28-,34-/m1/s1. The smallest absolute Gasteiger partial charge is 0.265 e. The Labute approximate surface area is 301 Å². The molecule has 0 heterocycles. The quantitative estimate of drug-likeness (QED) is 0.146. The predicted molar refractivity (Wildman–Crippen MR) is 197 cm³/mol. The van der Waals surface area contributed by atoms with Crippen molar-refractivity contribution >= 4 is 27.5 Å². The number of rotatable bonds is 17. The first-order valence-corrected chi connectivity index (χ1v) is 18.1. The molecule has 0 aliphatic heterocycles. The third-order valence-electron chi connectivity index (χ3n) is 8.75. The number of amides is 2. The van der Waals surface area contributed by atoms with Crippen molar-refractivity contribution in [2.75, 3.05) is 39.3 Å². The summed E-state index contributed by atoms with van der Waals surface area (Å²) in [5, 5.41) is 3.06. The molecule has 0 aliphatic carbocycles. The number of aryl methyl sites for hydroxylation is 1. The lowest BCUT2D eigenvalue weighted by Gasteiger charge is -2.35. The zero-order valence-electron chi connectivity index (χ0n) is 30.2. The fourth-order valence-electron chi connectivity index (χ4n) is 5.58. The molecule has 51 heavy (non-hydrogen) atoms. The molecular weight excluding hydrogens is 671 g/mol. The number of hydrogen-bond donors (Lipinski definition) is 1. The zero-order valence-corrected chi connectivity index (χ0v) is 31.0. The molecule has 272 valence electrons. The van der Waals surface area contributed by atoms with Gasteiger partial charge in [0.2, 0.25) is 11.8 Å². The van der Waals surface area contributed by atoms with Crippen LogP contribution in [-0.2, 0) is 32.6 Å². The van der Waals surface area contributed by atoms with Gasteiger partial charge in [-0.1, -0.05) is 61.5 Å². The number of methoxy groups -OCH3 is 4. The fourth-order valence-corrected chi connectivity index (χ4v) is 7.01. The zero-order chi connectivity index (χ0) is 37.1. The highest BCUT2D eigenvalue weighted by molar-refractivity contribution is 7.92. The fraction of sp³-hybridized carbons (Fsp3) is 0.333. The topological polar surface area (TPSA) is 124 Å². The largest absolute Gasteiger partial charge is 0.497 e. The molecule has 0 aliphatic rings. The van der Waals surface area contributed by atoms with E-state index in [4.69, 9.17) is 18.9 Å². The number of carbonyl (C=O) groups excluding carboxylic acids is 2. The first-order chi connectivity index (χ1) is 24.5. The van der Waals surface area contributed by atoms with Gasteiger partial charge in [-0.2, -0.15) is 0 Å². The highest BCUT2D eigenvalue weighted by atomic mass is 32.2. The van der Waals surface area contributed by atoms with Crippen molar-refractivity contribution in [3.05, 3.63) is 108 Å². The Morgan fingerprint density at radius 2 is 1.43 bits per heavy atom. The van der Waals surface area contributed by atoms with Crippen molar-refractivity contribution in [3.8, 4) is 23.0 Å².